The first-order valence-electron chi connectivity index (χ1n) is 4.47. The third-order valence-corrected chi connectivity index (χ3v) is 3.52. The Hall–Kier alpha value is -0.180. The van der Waals surface area contributed by atoms with Crippen molar-refractivity contribution in [2.45, 2.75) is 25.7 Å². The lowest BCUT2D eigenvalue weighted by molar-refractivity contribution is -0.140. The van der Waals surface area contributed by atoms with Crippen LogP contribution >= 0.6 is 11.8 Å². The van der Waals surface area contributed by atoms with Crippen LogP contribution in [-0.4, -0.2) is 24.6 Å². The molecule has 1 atom stereocenters. The van der Waals surface area contributed by atoms with Gasteiger partial charge in [0.1, 0.15) is 0 Å². The summed E-state index contributed by atoms with van der Waals surface area (Å²) in [5, 5.41) is 0. The Balaban J connectivity index is 2.09. The minimum absolute atomic E-state index is 0.0643. The van der Waals surface area contributed by atoms with Crippen molar-refractivity contribution in [1.82, 2.24) is 0 Å². The van der Waals surface area contributed by atoms with Gasteiger partial charge in [-0.1, -0.05) is 0 Å². The average molecular weight is 188 g/mol. The summed E-state index contributed by atoms with van der Waals surface area (Å²) in [6, 6.07) is 0. The fraction of sp³-hybridized carbons (Fsp3) is 0.889. The van der Waals surface area contributed by atoms with Crippen molar-refractivity contribution >= 4 is 17.7 Å². The second-order valence-corrected chi connectivity index (χ2v) is 4.35. The number of hydrogen-bond acceptors (Lipinski definition) is 3. The summed E-state index contributed by atoms with van der Waals surface area (Å²) >= 11 is 2.01. The van der Waals surface area contributed by atoms with Crippen molar-refractivity contribution in [3.63, 3.8) is 0 Å². The molecule has 0 radical (unpaired) electrons. The molecule has 0 N–H and O–H groups in total. The van der Waals surface area contributed by atoms with Crippen molar-refractivity contribution in [1.29, 1.82) is 0 Å². The zero-order valence-corrected chi connectivity index (χ0v) is 8.36. The second-order valence-electron chi connectivity index (χ2n) is 3.20. The van der Waals surface area contributed by atoms with Crippen LogP contribution in [0.1, 0.15) is 25.7 Å². The number of methoxy groups -OCH3 is 1. The zero-order valence-electron chi connectivity index (χ0n) is 7.54. The molecule has 0 unspecified atom stereocenters. The number of carbonyl (C=O) groups excluding carboxylic acids is 1. The molecule has 0 amide bonds. The van der Waals surface area contributed by atoms with E-state index in [2.05, 4.69) is 4.74 Å². The monoisotopic (exact) mass is 188 g/mol. The molecule has 1 rings (SSSR count). The minimum atomic E-state index is -0.0643. The predicted molar refractivity (Wildman–Crippen MR) is 51.3 cm³/mol. The number of ether oxygens (including phenoxy) is 1. The Morgan fingerprint density at radius 1 is 1.67 bits per heavy atom. The van der Waals surface area contributed by atoms with Crippen molar-refractivity contribution < 1.29 is 9.53 Å². The summed E-state index contributed by atoms with van der Waals surface area (Å²) in [6.07, 6.45) is 4.22. The van der Waals surface area contributed by atoms with Crippen LogP contribution in [0.15, 0.2) is 0 Å². The molecular weight excluding hydrogens is 172 g/mol. The van der Waals surface area contributed by atoms with Crippen LogP contribution < -0.4 is 0 Å². The summed E-state index contributed by atoms with van der Waals surface area (Å²) < 4.78 is 4.60. The second kappa shape index (κ2) is 5.46. The Morgan fingerprint density at radius 3 is 3.08 bits per heavy atom. The molecule has 0 aromatic rings. The zero-order chi connectivity index (χ0) is 8.81. The SMILES string of the molecule is COC(=O)CC[C@@H]1CCCSC1. The van der Waals surface area contributed by atoms with Gasteiger partial charge >= 0.3 is 5.97 Å². The number of hydrogen-bond donors (Lipinski definition) is 0. The lowest BCUT2D eigenvalue weighted by Gasteiger charge is -2.20. The standard InChI is InChI=1S/C9H16O2S/c1-11-9(10)5-4-8-3-2-6-12-7-8/h8H,2-7H2,1H3/t8-/m0/s1. The van der Waals surface area contributed by atoms with Gasteiger partial charge in [0.25, 0.3) is 0 Å². The minimum Gasteiger partial charge on any atom is -0.469 e. The summed E-state index contributed by atoms with van der Waals surface area (Å²) in [5.74, 6) is 3.22. The molecule has 1 fully saturated rings. The predicted octanol–water partition coefficient (Wildman–Crippen LogP) is 2.08. The van der Waals surface area contributed by atoms with E-state index in [1.54, 1.807) is 0 Å². The van der Waals surface area contributed by atoms with Gasteiger partial charge < -0.3 is 4.74 Å². The largest absolute Gasteiger partial charge is 0.469 e. The lowest BCUT2D eigenvalue weighted by Crippen LogP contribution is -2.12. The Kier molecular flexibility index (Phi) is 4.51. The normalized spacial score (nSPS) is 23.6. The molecule has 0 spiro atoms. The fourth-order valence-corrected chi connectivity index (χ4v) is 2.66. The van der Waals surface area contributed by atoms with Gasteiger partial charge in [-0.25, -0.2) is 0 Å². The topological polar surface area (TPSA) is 26.3 Å². The summed E-state index contributed by atoms with van der Waals surface area (Å²) in [5.41, 5.74) is 0. The van der Waals surface area contributed by atoms with Gasteiger partial charge in [0.15, 0.2) is 0 Å². The molecule has 0 bridgehead atoms. The van der Waals surface area contributed by atoms with E-state index in [0.29, 0.717) is 6.42 Å². The van der Waals surface area contributed by atoms with E-state index in [0.717, 1.165) is 12.3 Å². The van der Waals surface area contributed by atoms with E-state index in [-0.39, 0.29) is 5.97 Å². The van der Waals surface area contributed by atoms with Crippen LogP contribution in [-0.2, 0) is 9.53 Å². The molecule has 70 valence electrons. The van der Waals surface area contributed by atoms with Gasteiger partial charge in [-0.15, -0.1) is 0 Å². The molecular formula is C9H16O2S. The van der Waals surface area contributed by atoms with E-state index in [1.807, 2.05) is 11.8 Å². The van der Waals surface area contributed by atoms with Crippen molar-refractivity contribution in [3.8, 4) is 0 Å². The highest BCUT2D eigenvalue weighted by atomic mass is 32.2. The van der Waals surface area contributed by atoms with Crippen LogP contribution in [0.2, 0.25) is 0 Å². The van der Waals surface area contributed by atoms with Gasteiger partial charge in [0.05, 0.1) is 7.11 Å². The van der Waals surface area contributed by atoms with Gasteiger partial charge in [-0.3, -0.25) is 4.79 Å². The molecule has 1 heterocycles. The Labute approximate surface area is 78.1 Å². The first kappa shape index (κ1) is 9.90. The van der Waals surface area contributed by atoms with E-state index >= 15 is 0 Å². The first-order valence-corrected chi connectivity index (χ1v) is 5.63. The maximum atomic E-state index is 10.8. The van der Waals surface area contributed by atoms with Gasteiger partial charge in [-0.2, -0.15) is 11.8 Å². The van der Waals surface area contributed by atoms with Crippen molar-refractivity contribution in [2.24, 2.45) is 5.92 Å². The third kappa shape index (κ3) is 3.48. The summed E-state index contributed by atoms with van der Waals surface area (Å²) in [6.45, 7) is 0. The third-order valence-electron chi connectivity index (χ3n) is 2.24. The molecule has 3 heteroatoms. The highest BCUT2D eigenvalue weighted by Gasteiger charge is 2.14. The van der Waals surface area contributed by atoms with Crippen LogP contribution in [0.25, 0.3) is 0 Å². The van der Waals surface area contributed by atoms with Crippen molar-refractivity contribution in [2.75, 3.05) is 18.6 Å². The van der Waals surface area contributed by atoms with Crippen LogP contribution in [0.5, 0.6) is 0 Å². The fourth-order valence-electron chi connectivity index (χ4n) is 1.46. The summed E-state index contributed by atoms with van der Waals surface area (Å²) in [7, 11) is 1.46. The molecule has 12 heavy (non-hydrogen) atoms. The number of carbonyl (C=O) groups is 1. The highest BCUT2D eigenvalue weighted by molar-refractivity contribution is 7.99. The van der Waals surface area contributed by atoms with Gasteiger partial charge in [0.2, 0.25) is 0 Å². The maximum Gasteiger partial charge on any atom is 0.305 e. The molecule has 1 saturated heterocycles. The smallest absolute Gasteiger partial charge is 0.305 e. The van der Waals surface area contributed by atoms with Crippen LogP contribution in [0, 0.1) is 5.92 Å². The lowest BCUT2D eigenvalue weighted by atomic mass is 10.00. The molecule has 0 aromatic heterocycles. The summed E-state index contributed by atoms with van der Waals surface area (Å²) in [4.78, 5) is 10.8. The van der Waals surface area contributed by atoms with E-state index in [9.17, 15) is 4.79 Å². The number of esters is 1. The van der Waals surface area contributed by atoms with Gasteiger partial charge in [-0.05, 0) is 36.7 Å². The number of rotatable bonds is 3. The highest BCUT2D eigenvalue weighted by Crippen LogP contribution is 2.25. The van der Waals surface area contributed by atoms with Gasteiger partial charge in [0, 0.05) is 6.42 Å². The molecule has 0 saturated carbocycles. The maximum absolute atomic E-state index is 10.8. The molecule has 0 aromatic carbocycles. The van der Waals surface area contributed by atoms with Crippen molar-refractivity contribution in [3.05, 3.63) is 0 Å². The van der Waals surface area contributed by atoms with E-state index in [1.165, 1.54) is 31.5 Å². The molecule has 2 nitrogen and oxygen atoms in total. The van der Waals surface area contributed by atoms with Crippen LogP contribution in [0.4, 0.5) is 0 Å². The van der Waals surface area contributed by atoms with E-state index in [4.69, 9.17) is 0 Å². The van der Waals surface area contributed by atoms with Crippen LogP contribution in [0.3, 0.4) is 0 Å². The Morgan fingerprint density at radius 2 is 2.50 bits per heavy atom. The quantitative estimate of drug-likeness (QED) is 0.634. The molecule has 1 aliphatic heterocycles. The van der Waals surface area contributed by atoms with E-state index < -0.39 is 0 Å². The average Bonchev–Trinajstić information content (AvgIpc) is 2.16. The Bertz CT molecular complexity index is 141. The molecule has 1 aliphatic rings. The molecule has 0 aliphatic carbocycles. The number of thioether (sulfide) groups is 1. The first-order chi connectivity index (χ1) is 5.83.